The standard InChI is InChI=1S/C16H23NO2/c1-4-19-14-9-7-13(8-10-14)12-17-11-5-6-15(18)16(17,2)3/h7-10H,4-6,11-12H2,1-3H3. The summed E-state index contributed by atoms with van der Waals surface area (Å²) < 4.78 is 5.44. The second-order valence-corrected chi connectivity index (χ2v) is 5.58. The molecule has 19 heavy (non-hydrogen) atoms. The van der Waals surface area contributed by atoms with Crippen molar-refractivity contribution in [3.8, 4) is 5.75 Å². The van der Waals surface area contributed by atoms with Gasteiger partial charge in [0.2, 0.25) is 0 Å². The van der Waals surface area contributed by atoms with Crippen LogP contribution in [0.3, 0.4) is 0 Å². The Morgan fingerprint density at radius 1 is 1.26 bits per heavy atom. The molecule has 3 heteroatoms. The van der Waals surface area contributed by atoms with Crippen LogP contribution in [0.2, 0.25) is 0 Å². The van der Waals surface area contributed by atoms with Gasteiger partial charge in [-0.05, 0) is 51.4 Å². The molecular formula is C16H23NO2. The van der Waals surface area contributed by atoms with Crippen LogP contribution in [0.4, 0.5) is 0 Å². The third-order valence-electron chi connectivity index (χ3n) is 3.91. The minimum Gasteiger partial charge on any atom is -0.494 e. The quantitative estimate of drug-likeness (QED) is 0.834. The molecular weight excluding hydrogens is 238 g/mol. The second kappa shape index (κ2) is 5.74. The van der Waals surface area contributed by atoms with Gasteiger partial charge in [0.1, 0.15) is 5.75 Å². The molecule has 0 aliphatic carbocycles. The van der Waals surface area contributed by atoms with Crippen molar-refractivity contribution in [1.29, 1.82) is 0 Å². The number of likely N-dealkylation sites (tertiary alicyclic amines) is 1. The first-order chi connectivity index (χ1) is 9.04. The van der Waals surface area contributed by atoms with Crippen molar-refractivity contribution in [3.63, 3.8) is 0 Å². The Morgan fingerprint density at radius 3 is 2.58 bits per heavy atom. The fourth-order valence-corrected chi connectivity index (χ4v) is 2.55. The number of hydrogen-bond acceptors (Lipinski definition) is 3. The van der Waals surface area contributed by atoms with Gasteiger partial charge in [0.25, 0.3) is 0 Å². The molecule has 0 radical (unpaired) electrons. The van der Waals surface area contributed by atoms with Crippen LogP contribution in [0.15, 0.2) is 24.3 Å². The molecule has 0 bridgehead atoms. The molecule has 1 aliphatic rings. The van der Waals surface area contributed by atoms with Crippen molar-refractivity contribution in [1.82, 2.24) is 4.90 Å². The van der Waals surface area contributed by atoms with Crippen LogP contribution in [-0.4, -0.2) is 29.4 Å². The summed E-state index contributed by atoms with van der Waals surface area (Å²) in [5.74, 6) is 1.25. The second-order valence-electron chi connectivity index (χ2n) is 5.58. The van der Waals surface area contributed by atoms with Gasteiger partial charge < -0.3 is 4.74 Å². The lowest BCUT2D eigenvalue weighted by Gasteiger charge is -2.41. The summed E-state index contributed by atoms with van der Waals surface area (Å²) in [4.78, 5) is 14.3. The number of Topliss-reactive ketones (excluding diaryl/α,β-unsaturated/α-hetero) is 1. The summed E-state index contributed by atoms with van der Waals surface area (Å²) in [7, 11) is 0. The molecule has 104 valence electrons. The fourth-order valence-electron chi connectivity index (χ4n) is 2.55. The minimum absolute atomic E-state index is 0.336. The Hall–Kier alpha value is -1.35. The molecule has 1 saturated heterocycles. The molecule has 0 N–H and O–H groups in total. The lowest BCUT2D eigenvalue weighted by Crippen LogP contribution is -2.53. The predicted molar refractivity (Wildman–Crippen MR) is 76.3 cm³/mol. The molecule has 1 fully saturated rings. The zero-order valence-electron chi connectivity index (χ0n) is 12.1. The summed E-state index contributed by atoms with van der Waals surface area (Å²) in [5, 5.41) is 0. The largest absolute Gasteiger partial charge is 0.494 e. The van der Waals surface area contributed by atoms with E-state index in [9.17, 15) is 4.79 Å². The van der Waals surface area contributed by atoms with E-state index < -0.39 is 0 Å². The van der Waals surface area contributed by atoms with E-state index in [-0.39, 0.29) is 5.54 Å². The number of nitrogens with zero attached hydrogens (tertiary/aromatic N) is 1. The van der Waals surface area contributed by atoms with Crippen LogP contribution in [-0.2, 0) is 11.3 Å². The third kappa shape index (κ3) is 3.16. The van der Waals surface area contributed by atoms with E-state index in [1.807, 2.05) is 32.9 Å². The summed E-state index contributed by atoms with van der Waals surface area (Å²) in [6, 6.07) is 8.16. The molecule has 1 heterocycles. The molecule has 0 spiro atoms. The molecule has 1 aromatic carbocycles. The summed E-state index contributed by atoms with van der Waals surface area (Å²) in [5.41, 5.74) is 0.892. The van der Waals surface area contributed by atoms with E-state index in [0.29, 0.717) is 18.8 Å². The lowest BCUT2D eigenvalue weighted by atomic mass is 9.88. The number of carbonyl (C=O) groups is 1. The highest BCUT2D eigenvalue weighted by Crippen LogP contribution is 2.26. The highest BCUT2D eigenvalue weighted by atomic mass is 16.5. The molecule has 1 aromatic rings. The monoisotopic (exact) mass is 261 g/mol. The van der Waals surface area contributed by atoms with Gasteiger partial charge in [0.15, 0.2) is 5.78 Å². The maximum absolute atomic E-state index is 12.0. The average Bonchev–Trinajstić information content (AvgIpc) is 2.38. The number of hydrogen-bond donors (Lipinski definition) is 0. The van der Waals surface area contributed by atoms with Gasteiger partial charge in [0, 0.05) is 13.0 Å². The fraction of sp³-hybridized carbons (Fsp3) is 0.562. The highest BCUT2D eigenvalue weighted by molar-refractivity contribution is 5.88. The van der Waals surface area contributed by atoms with Gasteiger partial charge in [-0.25, -0.2) is 0 Å². The third-order valence-corrected chi connectivity index (χ3v) is 3.91. The van der Waals surface area contributed by atoms with E-state index in [1.54, 1.807) is 0 Å². The Kier molecular flexibility index (Phi) is 4.25. The Balaban J connectivity index is 2.05. The van der Waals surface area contributed by atoms with Gasteiger partial charge in [-0.3, -0.25) is 9.69 Å². The molecule has 0 atom stereocenters. The van der Waals surface area contributed by atoms with Gasteiger partial charge in [-0.15, -0.1) is 0 Å². The number of piperidine rings is 1. The van der Waals surface area contributed by atoms with E-state index in [1.165, 1.54) is 5.56 Å². The smallest absolute Gasteiger partial charge is 0.152 e. The number of rotatable bonds is 4. The van der Waals surface area contributed by atoms with Crippen LogP contribution in [0.5, 0.6) is 5.75 Å². The number of ether oxygens (including phenoxy) is 1. The topological polar surface area (TPSA) is 29.5 Å². The van der Waals surface area contributed by atoms with Gasteiger partial charge in [-0.1, -0.05) is 12.1 Å². The molecule has 1 aliphatic heterocycles. The van der Waals surface area contributed by atoms with E-state index in [4.69, 9.17) is 4.74 Å². The van der Waals surface area contributed by atoms with Crippen molar-refractivity contribution >= 4 is 5.78 Å². The first kappa shape index (κ1) is 14.1. The average molecular weight is 261 g/mol. The van der Waals surface area contributed by atoms with E-state index in [0.717, 1.165) is 25.3 Å². The molecule has 0 saturated carbocycles. The molecule has 0 amide bonds. The Labute approximate surface area is 115 Å². The van der Waals surface area contributed by atoms with Crippen LogP contribution in [0.1, 0.15) is 39.2 Å². The maximum atomic E-state index is 12.0. The number of carbonyl (C=O) groups excluding carboxylic acids is 1. The Bertz CT molecular complexity index is 437. The summed E-state index contributed by atoms with van der Waals surface area (Å²) >= 11 is 0. The molecule has 0 aromatic heterocycles. The first-order valence-electron chi connectivity index (χ1n) is 7.04. The normalized spacial score (nSPS) is 19.4. The van der Waals surface area contributed by atoms with E-state index >= 15 is 0 Å². The zero-order valence-corrected chi connectivity index (χ0v) is 12.1. The lowest BCUT2D eigenvalue weighted by molar-refractivity contribution is -0.133. The van der Waals surface area contributed by atoms with Crippen LogP contribution in [0.25, 0.3) is 0 Å². The van der Waals surface area contributed by atoms with Crippen molar-refractivity contribution < 1.29 is 9.53 Å². The van der Waals surface area contributed by atoms with Crippen LogP contribution in [0, 0.1) is 0 Å². The van der Waals surface area contributed by atoms with Crippen molar-refractivity contribution in [3.05, 3.63) is 29.8 Å². The van der Waals surface area contributed by atoms with Gasteiger partial charge in [-0.2, -0.15) is 0 Å². The SMILES string of the molecule is CCOc1ccc(CN2CCCC(=O)C2(C)C)cc1. The predicted octanol–water partition coefficient (Wildman–Crippen LogP) is 3.03. The van der Waals surface area contributed by atoms with E-state index in [2.05, 4.69) is 17.0 Å². The Morgan fingerprint density at radius 2 is 1.95 bits per heavy atom. The van der Waals surface area contributed by atoms with Crippen molar-refractivity contribution in [2.75, 3.05) is 13.2 Å². The highest BCUT2D eigenvalue weighted by Gasteiger charge is 2.36. The molecule has 0 unspecified atom stereocenters. The van der Waals surface area contributed by atoms with Crippen LogP contribution < -0.4 is 4.74 Å². The number of ketones is 1. The minimum atomic E-state index is -0.336. The maximum Gasteiger partial charge on any atom is 0.152 e. The van der Waals surface area contributed by atoms with Crippen LogP contribution >= 0.6 is 0 Å². The van der Waals surface area contributed by atoms with Crippen molar-refractivity contribution in [2.24, 2.45) is 0 Å². The first-order valence-corrected chi connectivity index (χ1v) is 7.04. The molecule has 3 nitrogen and oxygen atoms in total. The summed E-state index contributed by atoms with van der Waals surface area (Å²) in [6.07, 6.45) is 1.69. The number of benzene rings is 1. The molecule has 2 rings (SSSR count). The summed E-state index contributed by atoms with van der Waals surface area (Å²) in [6.45, 7) is 8.55. The van der Waals surface area contributed by atoms with Gasteiger partial charge in [0.05, 0.1) is 12.1 Å². The van der Waals surface area contributed by atoms with Gasteiger partial charge >= 0.3 is 0 Å². The van der Waals surface area contributed by atoms with Crippen molar-refractivity contribution in [2.45, 2.75) is 45.7 Å². The zero-order chi connectivity index (χ0) is 13.9.